The van der Waals surface area contributed by atoms with Crippen LogP contribution in [0.5, 0.6) is 0 Å². The lowest BCUT2D eigenvalue weighted by atomic mass is 10.1. The van der Waals surface area contributed by atoms with Gasteiger partial charge >= 0.3 is 0 Å². The summed E-state index contributed by atoms with van der Waals surface area (Å²) in [6, 6.07) is 25.2. The molecule has 1 aliphatic heterocycles. The quantitative estimate of drug-likeness (QED) is 0.575. The molecule has 0 aliphatic carbocycles. The van der Waals surface area contributed by atoms with Crippen molar-refractivity contribution in [2.75, 3.05) is 18.4 Å². The first-order chi connectivity index (χ1) is 14.7. The van der Waals surface area contributed by atoms with Gasteiger partial charge in [-0.2, -0.15) is 5.26 Å². The van der Waals surface area contributed by atoms with E-state index in [1.54, 1.807) is 6.07 Å². The number of carbonyl (C=O) groups excluding carboxylic acids is 1. The van der Waals surface area contributed by atoms with E-state index in [0.29, 0.717) is 11.1 Å². The standard InChI is InChI=1S/C25H23N3OS/c26-17-20-7-1-3-9-23(20)30-24-10-4-2-8-22(24)25(29)27-21-13-11-19(12-14-21)18-28-15-5-6-16-28/h1-4,7-14H,5-6,15-16,18H2,(H,27,29). The van der Waals surface area contributed by atoms with E-state index >= 15 is 0 Å². The zero-order valence-electron chi connectivity index (χ0n) is 16.7. The van der Waals surface area contributed by atoms with Crippen LogP contribution < -0.4 is 5.32 Å². The van der Waals surface area contributed by atoms with Crippen molar-refractivity contribution in [1.29, 1.82) is 5.26 Å². The van der Waals surface area contributed by atoms with E-state index in [-0.39, 0.29) is 5.91 Å². The Morgan fingerprint density at radius 2 is 1.60 bits per heavy atom. The van der Waals surface area contributed by atoms with E-state index in [2.05, 4.69) is 28.4 Å². The minimum Gasteiger partial charge on any atom is -0.322 e. The van der Waals surface area contributed by atoms with Gasteiger partial charge in [-0.1, -0.05) is 48.2 Å². The number of hydrogen-bond donors (Lipinski definition) is 1. The number of amides is 1. The Bertz CT molecular complexity index is 1070. The summed E-state index contributed by atoms with van der Waals surface area (Å²) in [7, 11) is 0. The highest BCUT2D eigenvalue weighted by molar-refractivity contribution is 7.99. The third-order valence-electron chi connectivity index (χ3n) is 5.18. The summed E-state index contributed by atoms with van der Waals surface area (Å²) >= 11 is 1.44. The molecule has 150 valence electrons. The smallest absolute Gasteiger partial charge is 0.256 e. The number of nitrogens with zero attached hydrogens (tertiary/aromatic N) is 2. The summed E-state index contributed by atoms with van der Waals surface area (Å²) in [4.78, 5) is 17.1. The third kappa shape index (κ3) is 4.91. The second kappa shape index (κ2) is 9.62. The van der Waals surface area contributed by atoms with Crippen LogP contribution >= 0.6 is 11.8 Å². The maximum absolute atomic E-state index is 12.9. The molecule has 3 aromatic carbocycles. The van der Waals surface area contributed by atoms with Crippen molar-refractivity contribution in [3.8, 4) is 6.07 Å². The Balaban J connectivity index is 1.47. The van der Waals surface area contributed by atoms with Gasteiger partial charge in [-0.25, -0.2) is 0 Å². The molecular formula is C25H23N3OS. The van der Waals surface area contributed by atoms with Crippen LogP contribution in [0.3, 0.4) is 0 Å². The summed E-state index contributed by atoms with van der Waals surface area (Å²) in [6.45, 7) is 3.30. The lowest BCUT2D eigenvalue weighted by molar-refractivity contribution is 0.102. The summed E-state index contributed by atoms with van der Waals surface area (Å²) < 4.78 is 0. The fraction of sp³-hybridized carbons (Fsp3) is 0.200. The molecule has 0 aromatic heterocycles. The van der Waals surface area contributed by atoms with Crippen molar-refractivity contribution < 1.29 is 4.79 Å². The Morgan fingerprint density at radius 1 is 0.933 bits per heavy atom. The highest BCUT2D eigenvalue weighted by Gasteiger charge is 2.15. The highest BCUT2D eigenvalue weighted by Crippen LogP contribution is 2.33. The first kappa shape index (κ1) is 20.2. The van der Waals surface area contributed by atoms with Gasteiger partial charge in [0, 0.05) is 22.0 Å². The van der Waals surface area contributed by atoms with E-state index in [4.69, 9.17) is 0 Å². The van der Waals surface area contributed by atoms with Crippen molar-refractivity contribution in [2.24, 2.45) is 0 Å². The van der Waals surface area contributed by atoms with Crippen molar-refractivity contribution in [3.63, 3.8) is 0 Å². The van der Waals surface area contributed by atoms with Gasteiger partial charge in [0.05, 0.1) is 11.1 Å². The van der Waals surface area contributed by atoms with Crippen LogP contribution in [-0.4, -0.2) is 23.9 Å². The molecule has 0 radical (unpaired) electrons. The van der Waals surface area contributed by atoms with E-state index < -0.39 is 0 Å². The molecule has 1 amide bonds. The van der Waals surface area contributed by atoms with E-state index in [1.807, 2.05) is 54.6 Å². The first-order valence-corrected chi connectivity index (χ1v) is 10.9. The SMILES string of the molecule is N#Cc1ccccc1Sc1ccccc1C(=O)Nc1ccc(CN2CCCC2)cc1. The molecule has 3 aromatic rings. The van der Waals surface area contributed by atoms with Gasteiger partial charge in [0.1, 0.15) is 6.07 Å². The molecule has 1 N–H and O–H groups in total. The normalized spacial score (nSPS) is 13.7. The molecular weight excluding hydrogens is 390 g/mol. The highest BCUT2D eigenvalue weighted by atomic mass is 32.2. The zero-order valence-corrected chi connectivity index (χ0v) is 17.5. The molecule has 1 saturated heterocycles. The van der Waals surface area contributed by atoms with Gasteiger partial charge in [0.15, 0.2) is 0 Å². The molecule has 4 rings (SSSR count). The number of benzene rings is 3. The van der Waals surface area contributed by atoms with E-state index in [1.165, 1.54) is 43.3 Å². The molecule has 0 unspecified atom stereocenters. The van der Waals surface area contributed by atoms with Crippen molar-refractivity contribution >= 4 is 23.4 Å². The Kier molecular flexibility index (Phi) is 6.48. The number of rotatable bonds is 6. The maximum atomic E-state index is 12.9. The summed E-state index contributed by atoms with van der Waals surface area (Å²) in [5.74, 6) is -0.153. The van der Waals surface area contributed by atoms with Gasteiger partial charge in [0.25, 0.3) is 5.91 Å². The predicted molar refractivity (Wildman–Crippen MR) is 121 cm³/mol. The molecule has 1 fully saturated rings. The van der Waals surface area contributed by atoms with Crippen LogP contribution in [0.15, 0.2) is 82.6 Å². The van der Waals surface area contributed by atoms with E-state index in [0.717, 1.165) is 22.0 Å². The zero-order chi connectivity index (χ0) is 20.8. The number of likely N-dealkylation sites (tertiary alicyclic amines) is 1. The number of carbonyl (C=O) groups is 1. The summed E-state index contributed by atoms with van der Waals surface area (Å²) in [5, 5.41) is 12.3. The Labute approximate surface area is 181 Å². The molecule has 0 bridgehead atoms. The molecule has 30 heavy (non-hydrogen) atoms. The lowest BCUT2D eigenvalue weighted by Crippen LogP contribution is -2.18. The minimum atomic E-state index is -0.153. The molecule has 0 saturated carbocycles. The van der Waals surface area contributed by atoms with E-state index in [9.17, 15) is 10.1 Å². The average molecular weight is 414 g/mol. The average Bonchev–Trinajstić information content (AvgIpc) is 3.29. The Morgan fingerprint density at radius 3 is 2.33 bits per heavy atom. The lowest BCUT2D eigenvalue weighted by Gasteiger charge is -2.15. The minimum absolute atomic E-state index is 0.153. The summed E-state index contributed by atoms with van der Waals surface area (Å²) in [5.41, 5.74) is 3.24. The van der Waals surface area contributed by atoms with Crippen LogP contribution in [0.25, 0.3) is 0 Å². The van der Waals surface area contributed by atoms with Crippen LogP contribution in [-0.2, 0) is 6.54 Å². The van der Waals surface area contributed by atoms with Gasteiger partial charge in [0.2, 0.25) is 0 Å². The molecule has 1 aliphatic rings. The van der Waals surface area contributed by atoms with Gasteiger partial charge < -0.3 is 5.32 Å². The molecule has 0 atom stereocenters. The number of nitrogens with one attached hydrogen (secondary N) is 1. The molecule has 1 heterocycles. The van der Waals surface area contributed by atoms with Crippen molar-refractivity contribution in [3.05, 3.63) is 89.5 Å². The van der Waals surface area contributed by atoms with Crippen LogP contribution in [0.1, 0.15) is 34.3 Å². The Hall–Kier alpha value is -3.07. The maximum Gasteiger partial charge on any atom is 0.256 e. The van der Waals surface area contributed by atoms with Crippen molar-refractivity contribution in [1.82, 2.24) is 4.90 Å². The van der Waals surface area contributed by atoms with Crippen LogP contribution in [0.4, 0.5) is 5.69 Å². The van der Waals surface area contributed by atoms with Gasteiger partial charge in [-0.15, -0.1) is 0 Å². The van der Waals surface area contributed by atoms with Crippen LogP contribution in [0.2, 0.25) is 0 Å². The fourth-order valence-electron chi connectivity index (χ4n) is 3.60. The predicted octanol–water partition coefficient (Wildman–Crippen LogP) is 5.56. The second-order valence-corrected chi connectivity index (χ2v) is 8.42. The van der Waals surface area contributed by atoms with Crippen molar-refractivity contribution in [2.45, 2.75) is 29.2 Å². The number of nitriles is 1. The molecule has 4 nitrogen and oxygen atoms in total. The summed E-state index contributed by atoms with van der Waals surface area (Å²) in [6.07, 6.45) is 2.56. The van der Waals surface area contributed by atoms with Crippen LogP contribution in [0, 0.1) is 11.3 Å². The second-order valence-electron chi connectivity index (χ2n) is 7.34. The first-order valence-electron chi connectivity index (χ1n) is 10.1. The fourth-order valence-corrected chi connectivity index (χ4v) is 4.63. The molecule has 5 heteroatoms. The monoisotopic (exact) mass is 413 g/mol. The van der Waals surface area contributed by atoms with Gasteiger partial charge in [-0.05, 0) is 67.9 Å². The third-order valence-corrected chi connectivity index (χ3v) is 6.33. The number of anilines is 1. The topological polar surface area (TPSA) is 56.1 Å². The largest absolute Gasteiger partial charge is 0.322 e. The van der Waals surface area contributed by atoms with Gasteiger partial charge in [-0.3, -0.25) is 9.69 Å². The molecule has 0 spiro atoms. The number of hydrogen-bond acceptors (Lipinski definition) is 4.